The van der Waals surface area contributed by atoms with E-state index >= 15 is 0 Å². The van der Waals surface area contributed by atoms with E-state index in [1.54, 1.807) is 0 Å². The van der Waals surface area contributed by atoms with Gasteiger partial charge in [0.25, 0.3) is 5.91 Å². The molecule has 0 aromatic carbocycles. The van der Waals surface area contributed by atoms with Crippen LogP contribution in [0.5, 0.6) is 0 Å². The number of carbonyl (C=O) groups excluding carboxylic acids is 1. The van der Waals surface area contributed by atoms with Crippen molar-refractivity contribution in [2.24, 2.45) is 5.92 Å². The molecule has 6 nitrogen and oxygen atoms in total. The molecule has 2 N–H and O–H groups in total. The van der Waals surface area contributed by atoms with Crippen molar-refractivity contribution in [3.8, 4) is 0 Å². The predicted molar refractivity (Wildman–Crippen MR) is 79.5 cm³/mol. The number of carboxylic acids is 1. The first-order chi connectivity index (χ1) is 9.88. The number of carbonyl (C=O) groups is 2. The number of hydrogen-bond acceptors (Lipinski definition) is 5. The molecule has 116 valence electrons. The van der Waals surface area contributed by atoms with Gasteiger partial charge in [-0.25, -0.2) is 4.79 Å². The summed E-state index contributed by atoms with van der Waals surface area (Å²) in [6, 6.07) is 0. The lowest BCUT2D eigenvalue weighted by atomic mass is 9.73. The Morgan fingerprint density at radius 1 is 1.43 bits per heavy atom. The fourth-order valence-electron chi connectivity index (χ4n) is 2.90. The second-order valence-corrected chi connectivity index (χ2v) is 6.77. The summed E-state index contributed by atoms with van der Waals surface area (Å²) >= 11 is 1.02. The van der Waals surface area contributed by atoms with Crippen molar-refractivity contribution >= 4 is 23.4 Å². The molecule has 2 atom stereocenters. The minimum Gasteiger partial charge on any atom is -0.479 e. The Hall–Kier alpha value is -1.50. The van der Waals surface area contributed by atoms with Crippen LogP contribution in [0.1, 0.15) is 67.7 Å². The maximum Gasteiger partial charge on any atom is 0.329 e. The van der Waals surface area contributed by atoms with Gasteiger partial charge in [0.05, 0.1) is 5.69 Å². The van der Waals surface area contributed by atoms with Gasteiger partial charge in [-0.3, -0.25) is 4.79 Å². The van der Waals surface area contributed by atoms with Crippen molar-refractivity contribution in [2.45, 2.75) is 57.9 Å². The molecule has 1 aromatic heterocycles. The number of nitrogens with zero attached hydrogens (tertiary/aromatic N) is 2. The topological polar surface area (TPSA) is 92.2 Å². The Balaban J connectivity index is 2.27. The van der Waals surface area contributed by atoms with Gasteiger partial charge in [0.1, 0.15) is 10.4 Å². The molecule has 0 spiro atoms. The average Bonchev–Trinajstić information content (AvgIpc) is 2.90. The third kappa shape index (κ3) is 2.92. The minimum atomic E-state index is -1.17. The van der Waals surface area contributed by atoms with E-state index in [9.17, 15) is 14.7 Å². The molecule has 7 heteroatoms. The van der Waals surface area contributed by atoms with Crippen LogP contribution in [0.15, 0.2) is 0 Å². The number of hydrogen-bond donors (Lipinski definition) is 2. The zero-order chi connectivity index (χ0) is 15.6. The molecule has 0 bridgehead atoms. The van der Waals surface area contributed by atoms with Crippen molar-refractivity contribution in [1.82, 2.24) is 14.9 Å². The van der Waals surface area contributed by atoms with Gasteiger partial charge >= 0.3 is 5.97 Å². The van der Waals surface area contributed by atoms with Gasteiger partial charge in [-0.1, -0.05) is 38.1 Å². The molecule has 1 heterocycles. The first kappa shape index (κ1) is 15.9. The molecule has 0 saturated heterocycles. The van der Waals surface area contributed by atoms with Crippen molar-refractivity contribution in [2.75, 3.05) is 0 Å². The number of rotatable bonds is 4. The molecule has 1 aromatic rings. The van der Waals surface area contributed by atoms with E-state index in [-0.39, 0.29) is 17.7 Å². The summed E-state index contributed by atoms with van der Waals surface area (Å²) in [6.45, 7) is 5.76. The summed E-state index contributed by atoms with van der Waals surface area (Å²) < 4.78 is 3.83. The van der Waals surface area contributed by atoms with Crippen molar-refractivity contribution < 1.29 is 14.7 Å². The maximum absolute atomic E-state index is 12.5. The van der Waals surface area contributed by atoms with Gasteiger partial charge in [-0.05, 0) is 36.2 Å². The minimum absolute atomic E-state index is 0.0778. The summed E-state index contributed by atoms with van der Waals surface area (Å²) in [5.41, 5.74) is -0.547. The van der Waals surface area contributed by atoms with Crippen LogP contribution < -0.4 is 5.32 Å². The third-order valence-corrected chi connectivity index (χ3v) is 5.02. The van der Waals surface area contributed by atoms with Crippen molar-refractivity contribution in [3.05, 3.63) is 10.6 Å². The van der Waals surface area contributed by atoms with Crippen LogP contribution in [0.3, 0.4) is 0 Å². The molecule has 1 aliphatic carbocycles. The number of aromatic nitrogens is 2. The van der Waals surface area contributed by atoms with Crippen LogP contribution in [0, 0.1) is 5.92 Å². The summed E-state index contributed by atoms with van der Waals surface area (Å²) in [7, 11) is 0. The number of carboxylic acid groups (broad SMARTS) is 1. The normalized spacial score (nSPS) is 25.8. The van der Waals surface area contributed by atoms with Crippen LogP contribution in [0.4, 0.5) is 0 Å². The lowest BCUT2D eigenvalue weighted by Gasteiger charge is -2.39. The molecule has 21 heavy (non-hydrogen) atoms. The molecule has 2 rings (SSSR count). The van der Waals surface area contributed by atoms with Crippen LogP contribution in [-0.2, 0) is 4.79 Å². The summed E-state index contributed by atoms with van der Waals surface area (Å²) in [6.07, 6.45) is 3.10. The largest absolute Gasteiger partial charge is 0.479 e. The Morgan fingerprint density at radius 2 is 2.14 bits per heavy atom. The molecule has 0 aliphatic heterocycles. The van der Waals surface area contributed by atoms with Crippen molar-refractivity contribution in [3.63, 3.8) is 0 Å². The van der Waals surface area contributed by atoms with Gasteiger partial charge in [0.15, 0.2) is 0 Å². The van der Waals surface area contributed by atoms with E-state index in [2.05, 4.69) is 14.9 Å². The van der Waals surface area contributed by atoms with Crippen LogP contribution >= 0.6 is 11.5 Å². The summed E-state index contributed by atoms with van der Waals surface area (Å²) in [5.74, 6) is -1.33. The first-order valence-electron chi connectivity index (χ1n) is 7.26. The Bertz CT molecular complexity index is 543. The van der Waals surface area contributed by atoms with E-state index in [0.29, 0.717) is 17.0 Å². The number of amides is 1. The molecule has 1 amide bonds. The lowest BCUT2D eigenvalue weighted by molar-refractivity contribution is -0.148. The SMILES string of the molecule is CC(C)c1nnsc1C(=O)NC1(C(=O)O)CCCCC1C. The van der Waals surface area contributed by atoms with Gasteiger partial charge in [0.2, 0.25) is 0 Å². The van der Waals surface area contributed by atoms with Gasteiger partial charge in [-0.2, -0.15) is 0 Å². The summed E-state index contributed by atoms with van der Waals surface area (Å²) in [5, 5.41) is 16.4. The van der Waals surface area contributed by atoms with E-state index in [1.165, 1.54) is 0 Å². The van der Waals surface area contributed by atoms with Crippen LogP contribution in [-0.4, -0.2) is 32.1 Å². The summed E-state index contributed by atoms with van der Waals surface area (Å²) in [4.78, 5) is 24.7. The smallest absolute Gasteiger partial charge is 0.329 e. The Kier molecular flexibility index (Phi) is 4.61. The van der Waals surface area contributed by atoms with Crippen LogP contribution in [0.2, 0.25) is 0 Å². The fraction of sp³-hybridized carbons (Fsp3) is 0.714. The second kappa shape index (κ2) is 6.09. The average molecular weight is 311 g/mol. The highest BCUT2D eigenvalue weighted by molar-refractivity contribution is 7.08. The van der Waals surface area contributed by atoms with E-state index < -0.39 is 11.5 Å². The Labute approximate surface area is 128 Å². The predicted octanol–water partition coefficient (Wildman–Crippen LogP) is 2.42. The zero-order valence-electron chi connectivity index (χ0n) is 12.5. The molecule has 1 aliphatic rings. The first-order valence-corrected chi connectivity index (χ1v) is 8.04. The zero-order valence-corrected chi connectivity index (χ0v) is 13.4. The van der Waals surface area contributed by atoms with Crippen LogP contribution in [0.25, 0.3) is 0 Å². The highest BCUT2D eigenvalue weighted by atomic mass is 32.1. The van der Waals surface area contributed by atoms with E-state index in [0.717, 1.165) is 30.8 Å². The third-order valence-electron chi connectivity index (χ3n) is 4.28. The number of nitrogens with one attached hydrogen (secondary N) is 1. The maximum atomic E-state index is 12.5. The van der Waals surface area contributed by atoms with E-state index in [1.807, 2.05) is 20.8 Å². The molecular weight excluding hydrogens is 290 g/mol. The quantitative estimate of drug-likeness (QED) is 0.891. The lowest BCUT2D eigenvalue weighted by Crippen LogP contribution is -2.60. The molecular formula is C14H21N3O3S. The molecule has 2 unspecified atom stereocenters. The highest BCUT2D eigenvalue weighted by Gasteiger charge is 2.46. The standard InChI is InChI=1S/C14H21N3O3S/c1-8(2)10-11(21-17-16-10)12(18)15-14(13(19)20)7-5-4-6-9(14)3/h8-9H,4-7H2,1-3H3,(H,15,18)(H,19,20). The second-order valence-electron chi connectivity index (χ2n) is 6.02. The van der Waals surface area contributed by atoms with E-state index in [4.69, 9.17) is 0 Å². The molecule has 1 fully saturated rings. The monoisotopic (exact) mass is 311 g/mol. The van der Waals surface area contributed by atoms with Crippen molar-refractivity contribution in [1.29, 1.82) is 0 Å². The van der Waals surface area contributed by atoms with Gasteiger partial charge in [-0.15, -0.1) is 5.10 Å². The van der Waals surface area contributed by atoms with Gasteiger partial charge < -0.3 is 10.4 Å². The molecule has 0 radical (unpaired) electrons. The van der Waals surface area contributed by atoms with Gasteiger partial charge in [0, 0.05) is 0 Å². The molecule has 1 saturated carbocycles. The number of aliphatic carboxylic acids is 1. The fourth-order valence-corrected chi connectivity index (χ4v) is 3.61. The highest BCUT2D eigenvalue weighted by Crippen LogP contribution is 2.34. The Morgan fingerprint density at radius 3 is 2.71 bits per heavy atom.